The number of fused-ring (bicyclic) bond motifs is 1. The highest BCUT2D eigenvalue weighted by atomic mass is 79.9. The van der Waals surface area contributed by atoms with Crippen LogP contribution in [-0.4, -0.2) is 27.0 Å². The van der Waals surface area contributed by atoms with Crippen LogP contribution < -0.4 is 4.90 Å². The predicted molar refractivity (Wildman–Crippen MR) is 109 cm³/mol. The third-order valence-corrected chi connectivity index (χ3v) is 5.62. The van der Waals surface area contributed by atoms with Crippen molar-refractivity contribution < 1.29 is 9.21 Å². The van der Waals surface area contributed by atoms with Crippen LogP contribution in [0.25, 0.3) is 10.2 Å². The van der Waals surface area contributed by atoms with Gasteiger partial charge in [-0.2, -0.15) is 0 Å². The lowest BCUT2D eigenvalue weighted by Crippen LogP contribution is -2.32. The molecule has 0 aliphatic rings. The van der Waals surface area contributed by atoms with Gasteiger partial charge in [0.1, 0.15) is 0 Å². The molecular weight excluding hydrogens is 428 g/mol. The molecule has 0 saturated heterocycles. The Labute approximate surface area is 168 Å². The third kappa shape index (κ3) is 3.96. The molecule has 0 atom stereocenters. The number of halogens is 1. The first-order valence-corrected chi connectivity index (χ1v) is 10.1. The quantitative estimate of drug-likeness (QED) is 0.424. The van der Waals surface area contributed by atoms with Gasteiger partial charge in [0.05, 0.1) is 16.5 Å². The summed E-state index contributed by atoms with van der Waals surface area (Å²) >= 11 is 4.78. The minimum Gasteiger partial charge on any atom is -0.444 e. The van der Waals surface area contributed by atoms with Crippen molar-refractivity contribution in [2.45, 2.75) is 19.9 Å². The van der Waals surface area contributed by atoms with Crippen molar-refractivity contribution in [3.8, 4) is 0 Å². The molecular formula is C19H17BrN4O2S. The fourth-order valence-corrected chi connectivity index (χ4v) is 4.21. The van der Waals surface area contributed by atoms with Crippen molar-refractivity contribution in [1.29, 1.82) is 0 Å². The summed E-state index contributed by atoms with van der Waals surface area (Å²) in [6.07, 6.45) is 6.21. The molecule has 0 spiro atoms. The molecule has 4 aromatic rings. The zero-order valence-corrected chi connectivity index (χ0v) is 17.0. The van der Waals surface area contributed by atoms with Gasteiger partial charge < -0.3 is 8.98 Å². The summed E-state index contributed by atoms with van der Waals surface area (Å²) in [4.78, 5) is 23.5. The zero-order valence-electron chi connectivity index (χ0n) is 14.6. The second kappa shape index (κ2) is 7.66. The fourth-order valence-electron chi connectivity index (χ4n) is 2.81. The van der Waals surface area contributed by atoms with Crippen molar-refractivity contribution in [3.05, 3.63) is 65.0 Å². The number of rotatable bonds is 6. The molecule has 27 heavy (non-hydrogen) atoms. The molecule has 3 heterocycles. The topological polar surface area (TPSA) is 64.2 Å². The average Bonchev–Trinajstić information content (AvgIpc) is 3.38. The lowest BCUT2D eigenvalue weighted by Gasteiger charge is -2.18. The number of amides is 1. The molecule has 0 bridgehead atoms. The highest BCUT2D eigenvalue weighted by molar-refractivity contribution is 9.10. The Bertz CT molecular complexity index is 1070. The molecule has 0 N–H and O–H groups in total. The van der Waals surface area contributed by atoms with Gasteiger partial charge in [0, 0.05) is 25.5 Å². The summed E-state index contributed by atoms with van der Waals surface area (Å²) in [6, 6.07) is 9.50. The molecule has 4 rings (SSSR count). The van der Waals surface area contributed by atoms with E-state index < -0.39 is 0 Å². The summed E-state index contributed by atoms with van der Waals surface area (Å²) < 4.78 is 9.07. The number of nitrogens with zero attached hydrogens (tertiary/aromatic N) is 4. The lowest BCUT2D eigenvalue weighted by molar-refractivity contribution is 0.0958. The van der Waals surface area contributed by atoms with Crippen molar-refractivity contribution in [1.82, 2.24) is 14.5 Å². The normalized spacial score (nSPS) is 11.2. The Morgan fingerprint density at radius 3 is 2.96 bits per heavy atom. The second-order valence-electron chi connectivity index (χ2n) is 6.18. The maximum absolute atomic E-state index is 13.1. The molecule has 0 aliphatic carbocycles. The van der Waals surface area contributed by atoms with Gasteiger partial charge in [-0.1, -0.05) is 17.4 Å². The van der Waals surface area contributed by atoms with Crippen LogP contribution >= 0.6 is 27.3 Å². The third-order valence-electron chi connectivity index (χ3n) is 4.15. The first-order chi connectivity index (χ1) is 13.1. The van der Waals surface area contributed by atoms with E-state index in [0.29, 0.717) is 22.1 Å². The number of aryl methyl sites for hydroxylation is 2. The van der Waals surface area contributed by atoms with E-state index in [0.717, 1.165) is 23.2 Å². The highest BCUT2D eigenvalue weighted by Gasteiger charge is 2.23. The second-order valence-corrected chi connectivity index (χ2v) is 7.97. The van der Waals surface area contributed by atoms with Gasteiger partial charge >= 0.3 is 0 Å². The molecule has 138 valence electrons. The van der Waals surface area contributed by atoms with Gasteiger partial charge in [0.2, 0.25) is 0 Å². The molecule has 1 aromatic carbocycles. The number of hydrogen-bond donors (Lipinski definition) is 0. The maximum Gasteiger partial charge on any atom is 0.295 e. The van der Waals surface area contributed by atoms with Crippen LogP contribution in [0.2, 0.25) is 0 Å². The van der Waals surface area contributed by atoms with Gasteiger partial charge in [0.15, 0.2) is 15.6 Å². The van der Waals surface area contributed by atoms with Crippen LogP contribution in [-0.2, 0) is 6.54 Å². The number of anilines is 1. The predicted octanol–water partition coefficient (Wildman–Crippen LogP) is 4.89. The minimum absolute atomic E-state index is 0.192. The van der Waals surface area contributed by atoms with Crippen molar-refractivity contribution >= 4 is 48.5 Å². The first kappa shape index (κ1) is 17.9. The maximum atomic E-state index is 13.1. The molecule has 0 radical (unpaired) electrons. The molecule has 1 amide bonds. The number of benzene rings is 1. The van der Waals surface area contributed by atoms with Crippen LogP contribution in [0.1, 0.15) is 22.5 Å². The van der Waals surface area contributed by atoms with E-state index in [1.54, 1.807) is 29.6 Å². The van der Waals surface area contributed by atoms with Gasteiger partial charge in [0.25, 0.3) is 5.91 Å². The fraction of sp³-hybridized carbons (Fsp3) is 0.211. The Kier molecular flexibility index (Phi) is 5.09. The largest absolute Gasteiger partial charge is 0.444 e. The van der Waals surface area contributed by atoms with Gasteiger partial charge in [-0.15, -0.1) is 0 Å². The molecule has 0 unspecified atom stereocenters. The molecule has 3 aromatic heterocycles. The van der Waals surface area contributed by atoms with E-state index >= 15 is 0 Å². The Balaban J connectivity index is 1.62. The van der Waals surface area contributed by atoms with Gasteiger partial charge in [-0.3, -0.25) is 9.69 Å². The SMILES string of the molecule is Cc1ccc2nc(N(CCCn3ccnc3)C(=O)c3ccc(Br)o3)sc2c1. The van der Waals surface area contributed by atoms with E-state index in [9.17, 15) is 4.79 Å². The monoisotopic (exact) mass is 444 g/mol. The summed E-state index contributed by atoms with van der Waals surface area (Å²) in [7, 11) is 0. The van der Waals surface area contributed by atoms with Crippen LogP contribution in [0, 0.1) is 6.92 Å². The smallest absolute Gasteiger partial charge is 0.295 e. The van der Waals surface area contributed by atoms with Crippen LogP contribution in [0.5, 0.6) is 0 Å². The number of imidazole rings is 1. The van der Waals surface area contributed by atoms with E-state index in [-0.39, 0.29) is 5.91 Å². The molecule has 0 fully saturated rings. The van der Waals surface area contributed by atoms with Crippen molar-refractivity contribution in [3.63, 3.8) is 0 Å². The van der Waals surface area contributed by atoms with Crippen LogP contribution in [0.4, 0.5) is 5.13 Å². The van der Waals surface area contributed by atoms with E-state index in [1.807, 2.05) is 29.8 Å². The Morgan fingerprint density at radius 2 is 2.22 bits per heavy atom. The summed E-state index contributed by atoms with van der Waals surface area (Å²) in [6.45, 7) is 3.36. The summed E-state index contributed by atoms with van der Waals surface area (Å²) in [5.74, 6) is 0.0991. The number of carbonyl (C=O) groups is 1. The molecule has 8 heteroatoms. The summed E-state index contributed by atoms with van der Waals surface area (Å²) in [5, 5.41) is 0.679. The Hall–Kier alpha value is -2.45. The number of carbonyl (C=O) groups excluding carboxylic acids is 1. The summed E-state index contributed by atoms with van der Waals surface area (Å²) in [5.41, 5.74) is 2.07. The van der Waals surface area contributed by atoms with Crippen molar-refractivity contribution in [2.24, 2.45) is 0 Å². The molecule has 6 nitrogen and oxygen atoms in total. The number of hydrogen-bond acceptors (Lipinski definition) is 5. The van der Waals surface area contributed by atoms with Gasteiger partial charge in [-0.05, 0) is 59.1 Å². The first-order valence-electron chi connectivity index (χ1n) is 8.50. The van der Waals surface area contributed by atoms with Gasteiger partial charge in [-0.25, -0.2) is 9.97 Å². The number of aromatic nitrogens is 3. The highest BCUT2D eigenvalue weighted by Crippen LogP contribution is 2.31. The van der Waals surface area contributed by atoms with E-state index in [1.165, 1.54) is 16.9 Å². The number of furan rings is 1. The minimum atomic E-state index is -0.192. The molecule has 0 aliphatic heterocycles. The lowest BCUT2D eigenvalue weighted by atomic mass is 10.2. The number of thiazole rings is 1. The standard InChI is InChI=1S/C19H17BrN4O2S/c1-13-3-4-14-16(11-13)27-19(22-14)24(9-2-8-23-10-7-21-12-23)18(25)15-5-6-17(20)26-15/h3-7,10-12H,2,8-9H2,1H3. The average molecular weight is 445 g/mol. The van der Waals surface area contributed by atoms with Crippen LogP contribution in [0.15, 0.2) is 58.1 Å². The van der Waals surface area contributed by atoms with Crippen molar-refractivity contribution in [2.75, 3.05) is 11.4 Å². The van der Waals surface area contributed by atoms with E-state index in [2.05, 4.69) is 32.0 Å². The van der Waals surface area contributed by atoms with Crippen LogP contribution in [0.3, 0.4) is 0 Å². The molecule has 0 saturated carbocycles. The van der Waals surface area contributed by atoms with E-state index in [4.69, 9.17) is 4.42 Å². The Morgan fingerprint density at radius 1 is 1.33 bits per heavy atom. The zero-order chi connectivity index (χ0) is 18.8.